The second-order valence-electron chi connectivity index (χ2n) is 10.2. The molecule has 3 nitrogen and oxygen atoms in total. The number of hydrogen-bond acceptors (Lipinski definition) is 3. The van der Waals surface area contributed by atoms with E-state index in [0.29, 0.717) is 0 Å². The van der Waals surface area contributed by atoms with E-state index < -0.39 is 0 Å². The van der Waals surface area contributed by atoms with Gasteiger partial charge in [-0.05, 0) is 111 Å². The molecule has 6 rings (SSSR count). The Morgan fingerprint density at radius 1 is 0.317 bits per heavy atom. The molecule has 0 bridgehead atoms. The van der Waals surface area contributed by atoms with Crippen molar-refractivity contribution >= 4 is 45.5 Å². The monoisotopic (exact) mass is 531 g/mol. The van der Waals surface area contributed by atoms with Crippen LogP contribution in [0, 0.1) is 13.8 Å². The maximum absolute atomic E-state index is 3.57. The Morgan fingerprint density at radius 2 is 0.585 bits per heavy atom. The predicted molar refractivity (Wildman–Crippen MR) is 175 cm³/mol. The molecule has 0 unspecified atom stereocenters. The lowest BCUT2D eigenvalue weighted by molar-refractivity contribution is 1.27. The van der Waals surface area contributed by atoms with E-state index in [4.69, 9.17) is 0 Å². The van der Waals surface area contributed by atoms with E-state index in [1.54, 1.807) is 0 Å². The minimum Gasteiger partial charge on any atom is -0.356 e. The van der Waals surface area contributed by atoms with Gasteiger partial charge in [0.2, 0.25) is 0 Å². The number of nitrogens with zero attached hydrogens (tertiary/aromatic N) is 2. The topological polar surface area (TPSA) is 18.5 Å². The van der Waals surface area contributed by atoms with Crippen LogP contribution in [0.2, 0.25) is 0 Å². The fourth-order valence-corrected chi connectivity index (χ4v) is 4.99. The minimum absolute atomic E-state index is 1.04. The highest BCUT2D eigenvalue weighted by atomic mass is 15.1. The molecular weight excluding hydrogens is 498 g/mol. The van der Waals surface area contributed by atoms with Gasteiger partial charge in [0.05, 0.1) is 0 Å². The van der Waals surface area contributed by atoms with Crippen LogP contribution in [0.5, 0.6) is 0 Å². The molecule has 0 aliphatic carbocycles. The van der Waals surface area contributed by atoms with Crippen molar-refractivity contribution < 1.29 is 0 Å². The van der Waals surface area contributed by atoms with E-state index >= 15 is 0 Å². The number of benzene rings is 6. The fourth-order valence-electron chi connectivity index (χ4n) is 4.99. The number of para-hydroxylation sites is 2. The van der Waals surface area contributed by atoms with Crippen LogP contribution < -0.4 is 15.1 Å². The number of anilines is 8. The second-order valence-corrected chi connectivity index (χ2v) is 10.2. The van der Waals surface area contributed by atoms with Crippen LogP contribution in [0.25, 0.3) is 0 Å². The first-order valence-electron chi connectivity index (χ1n) is 13.9. The van der Waals surface area contributed by atoms with Gasteiger partial charge in [-0.25, -0.2) is 0 Å². The van der Waals surface area contributed by atoms with Gasteiger partial charge in [0.25, 0.3) is 0 Å². The first-order valence-corrected chi connectivity index (χ1v) is 13.9. The van der Waals surface area contributed by atoms with Crippen molar-refractivity contribution in [3.63, 3.8) is 0 Å². The molecule has 0 atom stereocenters. The number of aryl methyl sites for hydroxylation is 2. The number of nitrogens with one attached hydrogen (secondary N) is 1. The van der Waals surface area contributed by atoms with Crippen molar-refractivity contribution in [2.75, 3.05) is 15.1 Å². The summed E-state index contributed by atoms with van der Waals surface area (Å²) < 4.78 is 0. The Labute approximate surface area is 243 Å². The Kier molecular flexibility index (Phi) is 7.51. The van der Waals surface area contributed by atoms with Gasteiger partial charge in [-0.2, -0.15) is 0 Å². The SMILES string of the molecule is Cc1ccc(N(c2ccccc2)c2ccc(Nc3ccc(N(c4ccccc4)c4ccc(C)cc4)cc3)cc2)cc1. The molecule has 41 heavy (non-hydrogen) atoms. The van der Waals surface area contributed by atoms with Crippen LogP contribution in [0.1, 0.15) is 11.1 Å². The summed E-state index contributed by atoms with van der Waals surface area (Å²) in [6.45, 7) is 4.23. The summed E-state index contributed by atoms with van der Waals surface area (Å²) in [5, 5.41) is 3.57. The molecule has 200 valence electrons. The Morgan fingerprint density at radius 3 is 0.902 bits per heavy atom. The molecule has 0 heterocycles. The zero-order valence-corrected chi connectivity index (χ0v) is 23.4. The maximum Gasteiger partial charge on any atom is 0.0463 e. The van der Waals surface area contributed by atoms with Crippen molar-refractivity contribution in [3.05, 3.63) is 169 Å². The van der Waals surface area contributed by atoms with Gasteiger partial charge in [0.1, 0.15) is 0 Å². The molecule has 6 aromatic carbocycles. The van der Waals surface area contributed by atoms with Crippen molar-refractivity contribution in [1.29, 1.82) is 0 Å². The molecular formula is C38H33N3. The summed E-state index contributed by atoms with van der Waals surface area (Å²) in [6, 6.07) is 55.5. The molecule has 0 saturated carbocycles. The van der Waals surface area contributed by atoms with Crippen LogP contribution in [-0.2, 0) is 0 Å². The van der Waals surface area contributed by atoms with Gasteiger partial charge >= 0.3 is 0 Å². The number of hydrogen-bond donors (Lipinski definition) is 1. The van der Waals surface area contributed by atoms with Crippen molar-refractivity contribution in [2.45, 2.75) is 13.8 Å². The molecule has 6 aromatic rings. The molecule has 0 aromatic heterocycles. The largest absolute Gasteiger partial charge is 0.356 e. The van der Waals surface area contributed by atoms with Gasteiger partial charge < -0.3 is 15.1 Å². The van der Waals surface area contributed by atoms with Crippen molar-refractivity contribution in [2.24, 2.45) is 0 Å². The fraction of sp³-hybridized carbons (Fsp3) is 0.0526. The minimum atomic E-state index is 1.04. The van der Waals surface area contributed by atoms with E-state index in [9.17, 15) is 0 Å². The lowest BCUT2D eigenvalue weighted by atomic mass is 10.1. The molecule has 0 amide bonds. The van der Waals surface area contributed by atoms with Gasteiger partial charge in [-0.1, -0.05) is 71.8 Å². The van der Waals surface area contributed by atoms with Crippen molar-refractivity contribution in [3.8, 4) is 0 Å². The van der Waals surface area contributed by atoms with Crippen LogP contribution >= 0.6 is 0 Å². The molecule has 0 spiro atoms. The van der Waals surface area contributed by atoms with Crippen LogP contribution in [0.15, 0.2) is 158 Å². The Bertz CT molecular complexity index is 1550. The standard InChI is InChI=1S/C38H33N3/c1-29-13-21-35(22-14-29)40(33-9-5-3-6-10-33)37-25-17-31(18-26-37)39-32-19-27-38(28-20-32)41(34-11-7-4-8-12-34)36-23-15-30(2)16-24-36/h3-28,39H,1-2H3. The highest BCUT2D eigenvalue weighted by Gasteiger charge is 2.13. The summed E-state index contributed by atoms with van der Waals surface area (Å²) in [7, 11) is 0. The molecule has 0 fully saturated rings. The molecule has 0 radical (unpaired) electrons. The van der Waals surface area contributed by atoms with E-state index in [-0.39, 0.29) is 0 Å². The quantitative estimate of drug-likeness (QED) is 0.211. The predicted octanol–water partition coefficient (Wildman–Crippen LogP) is 11.0. The average Bonchev–Trinajstić information content (AvgIpc) is 3.02. The van der Waals surface area contributed by atoms with E-state index in [2.05, 4.69) is 187 Å². The maximum atomic E-state index is 3.57. The van der Waals surface area contributed by atoms with Gasteiger partial charge in [-0.15, -0.1) is 0 Å². The van der Waals surface area contributed by atoms with Gasteiger partial charge in [-0.3, -0.25) is 0 Å². The summed E-state index contributed by atoms with van der Waals surface area (Å²) in [4.78, 5) is 4.56. The Hall–Kier alpha value is -5.28. The normalized spacial score (nSPS) is 10.7. The molecule has 1 N–H and O–H groups in total. The van der Waals surface area contributed by atoms with Crippen LogP contribution in [0.3, 0.4) is 0 Å². The second kappa shape index (κ2) is 11.8. The first-order chi connectivity index (χ1) is 20.1. The van der Waals surface area contributed by atoms with Gasteiger partial charge in [0, 0.05) is 45.5 Å². The third-order valence-electron chi connectivity index (χ3n) is 7.15. The van der Waals surface area contributed by atoms with Gasteiger partial charge in [0.15, 0.2) is 0 Å². The van der Waals surface area contributed by atoms with Crippen LogP contribution in [0.4, 0.5) is 45.5 Å². The zero-order chi connectivity index (χ0) is 28.0. The molecule has 0 saturated heterocycles. The van der Waals surface area contributed by atoms with E-state index in [1.165, 1.54) is 11.1 Å². The highest BCUT2D eigenvalue weighted by Crippen LogP contribution is 2.37. The number of rotatable bonds is 8. The average molecular weight is 532 g/mol. The Balaban J connectivity index is 1.24. The summed E-state index contributed by atoms with van der Waals surface area (Å²) in [5.74, 6) is 0. The third-order valence-corrected chi connectivity index (χ3v) is 7.15. The lowest BCUT2D eigenvalue weighted by Gasteiger charge is -2.26. The van der Waals surface area contributed by atoms with Crippen LogP contribution in [-0.4, -0.2) is 0 Å². The zero-order valence-electron chi connectivity index (χ0n) is 23.4. The van der Waals surface area contributed by atoms with Crippen molar-refractivity contribution in [1.82, 2.24) is 0 Å². The third kappa shape index (κ3) is 6.00. The van der Waals surface area contributed by atoms with E-state index in [0.717, 1.165) is 45.5 Å². The lowest BCUT2D eigenvalue weighted by Crippen LogP contribution is -2.10. The summed E-state index contributed by atoms with van der Waals surface area (Å²) >= 11 is 0. The molecule has 0 aliphatic rings. The summed E-state index contributed by atoms with van der Waals surface area (Å²) in [5.41, 5.74) is 11.3. The molecule has 0 aliphatic heterocycles. The highest BCUT2D eigenvalue weighted by molar-refractivity contribution is 5.79. The smallest absolute Gasteiger partial charge is 0.0463 e. The summed E-state index contributed by atoms with van der Waals surface area (Å²) in [6.07, 6.45) is 0. The first kappa shape index (κ1) is 26.0. The van der Waals surface area contributed by atoms with E-state index in [1.807, 2.05) is 0 Å². The molecule has 3 heteroatoms.